The number of aryl methyl sites for hydroxylation is 3. The fourth-order valence-electron chi connectivity index (χ4n) is 5.81. The molecule has 0 radical (unpaired) electrons. The predicted molar refractivity (Wildman–Crippen MR) is 189 cm³/mol. The van der Waals surface area contributed by atoms with Gasteiger partial charge in [-0.15, -0.1) is 0 Å². The van der Waals surface area contributed by atoms with E-state index in [1.54, 1.807) is 6.07 Å². The molecule has 5 aromatic carbocycles. The average molecular weight is 602 g/mol. The highest BCUT2D eigenvalue weighted by atomic mass is 16.4. The van der Waals surface area contributed by atoms with E-state index in [1.807, 2.05) is 18.2 Å². The van der Waals surface area contributed by atoms with Gasteiger partial charge in [-0.05, 0) is 116 Å². The predicted octanol–water partition coefficient (Wildman–Crippen LogP) is 10.0. The number of anilines is 5. The lowest BCUT2D eigenvalue weighted by atomic mass is 9.97. The number of rotatable bonds is 8. The van der Waals surface area contributed by atoms with Crippen molar-refractivity contribution >= 4 is 52.6 Å². The van der Waals surface area contributed by atoms with Gasteiger partial charge in [-0.3, -0.25) is 0 Å². The van der Waals surface area contributed by atoms with E-state index in [4.69, 9.17) is 5.26 Å². The number of aliphatic carboxylic acids is 1. The van der Waals surface area contributed by atoms with Gasteiger partial charge < -0.3 is 14.9 Å². The third-order valence-corrected chi connectivity index (χ3v) is 8.29. The number of carboxylic acid groups (broad SMARTS) is 1. The molecule has 0 saturated carbocycles. The molecule has 6 rings (SSSR count). The van der Waals surface area contributed by atoms with Crippen LogP contribution in [0.1, 0.15) is 39.8 Å². The summed E-state index contributed by atoms with van der Waals surface area (Å²) < 4.78 is 0. The highest BCUT2D eigenvalue weighted by molar-refractivity contribution is 5.96. The number of hydrogen-bond acceptors (Lipinski definition) is 4. The Hall–Kier alpha value is -5.86. The summed E-state index contributed by atoms with van der Waals surface area (Å²) >= 11 is 0. The zero-order valence-electron chi connectivity index (χ0n) is 26.0. The number of benzene rings is 5. The summed E-state index contributed by atoms with van der Waals surface area (Å²) in [6.45, 7) is 5.12. The molecule has 0 amide bonds. The van der Waals surface area contributed by atoms with Crippen molar-refractivity contribution < 1.29 is 9.90 Å². The van der Waals surface area contributed by atoms with E-state index in [-0.39, 0.29) is 5.57 Å². The topological polar surface area (TPSA) is 67.6 Å². The third kappa shape index (κ3) is 6.77. The van der Waals surface area contributed by atoms with Gasteiger partial charge >= 0.3 is 5.97 Å². The summed E-state index contributed by atoms with van der Waals surface area (Å²) in [5.41, 5.74) is 11.9. The van der Waals surface area contributed by atoms with Crippen LogP contribution < -0.4 is 9.80 Å². The van der Waals surface area contributed by atoms with Crippen molar-refractivity contribution in [1.82, 2.24) is 0 Å². The Kier molecular flexibility index (Phi) is 8.80. The minimum absolute atomic E-state index is 0.265. The number of nitriles is 1. The van der Waals surface area contributed by atoms with Crippen molar-refractivity contribution in [2.45, 2.75) is 26.7 Å². The van der Waals surface area contributed by atoms with E-state index < -0.39 is 5.97 Å². The van der Waals surface area contributed by atoms with Gasteiger partial charge in [-0.25, -0.2) is 4.79 Å². The molecule has 0 fully saturated rings. The van der Waals surface area contributed by atoms with E-state index in [9.17, 15) is 9.90 Å². The molecular weight excluding hydrogens is 566 g/mol. The van der Waals surface area contributed by atoms with Gasteiger partial charge in [0.2, 0.25) is 0 Å². The average Bonchev–Trinajstić information content (AvgIpc) is 3.08. The van der Waals surface area contributed by atoms with Crippen molar-refractivity contribution in [2.75, 3.05) is 16.3 Å². The number of fused-ring (bicyclic) bond motifs is 1. The second-order valence-electron chi connectivity index (χ2n) is 11.6. The van der Waals surface area contributed by atoms with Crippen molar-refractivity contribution in [3.05, 3.63) is 154 Å². The van der Waals surface area contributed by atoms with Crippen LogP contribution in [0.2, 0.25) is 0 Å². The molecule has 5 nitrogen and oxygen atoms in total. The normalized spacial score (nSPS) is 12.9. The Morgan fingerprint density at radius 2 is 1.24 bits per heavy atom. The van der Waals surface area contributed by atoms with Gasteiger partial charge in [0.25, 0.3) is 0 Å². The largest absolute Gasteiger partial charge is 0.477 e. The summed E-state index contributed by atoms with van der Waals surface area (Å²) in [5.74, 6) is -1.21. The first kappa shape index (κ1) is 30.2. The van der Waals surface area contributed by atoms with E-state index >= 15 is 0 Å². The van der Waals surface area contributed by atoms with Gasteiger partial charge in [-0.2, -0.15) is 5.26 Å². The lowest BCUT2D eigenvalue weighted by Crippen LogP contribution is -2.24. The maximum Gasteiger partial charge on any atom is 0.346 e. The molecular formula is C41H35N3O2. The number of carbonyl (C=O) groups is 1. The molecule has 0 bridgehead atoms. The van der Waals surface area contributed by atoms with Crippen LogP contribution in [0.3, 0.4) is 0 Å². The first-order valence-electron chi connectivity index (χ1n) is 15.5. The molecule has 1 aliphatic heterocycles. The summed E-state index contributed by atoms with van der Waals surface area (Å²) in [5, 5.41) is 18.3. The minimum Gasteiger partial charge on any atom is -0.477 e. The molecule has 0 unspecified atom stereocenters. The zero-order chi connectivity index (χ0) is 32.0. The summed E-state index contributed by atoms with van der Waals surface area (Å²) in [7, 11) is 0. The second kappa shape index (κ2) is 13.4. The Morgan fingerprint density at radius 1 is 0.739 bits per heavy atom. The maximum absolute atomic E-state index is 11.3. The number of hydrogen-bond donors (Lipinski definition) is 1. The summed E-state index contributed by atoms with van der Waals surface area (Å²) in [6.07, 6.45) is 7.61. The third-order valence-electron chi connectivity index (χ3n) is 8.29. The van der Waals surface area contributed by atoms with Gasteiger partial charge in [0, 0.05) is 35.0 Å². The number of nitrogens with zero attached hydrogens (tertiary/aromatic N) is 3. The molecule has 5 heteroatoms. The standard InChI is InChI=1S/C41H35N3O2/c1-29-5-16-37(17-6-29)44(38-18-7-30(2)8-19-38)39-22-13-32(14-23-39)10-9-31-11-20-36(21-12-31)43-25-3-4-34-26-33(15-24-40(34)43)27-35(28-42)41(45)46/h5-24,26-27H,3-4,25H2,1-2H3,(H,45,46)/b10-9+,35-27+. The number of carboxylic acids is 1. The molecule has 0 saturated heterocycles. The molecule has 1 heterocycles. The van der Waals surface area contributed by atoms with Crippen molar-refractivity contribution in [2.24, 2.45) is 0 Å². The van der Waals surface area contributed by atoms with E-state index in [0.717, 1.165) is 70.1 Å². The highest BCUT2D eigenvalue weighted by Gasteiger charge is 2.19. The lowest BCUT2D eigenvalue weighted by Gasteiger charge is -2.31. The molecule has 0 spiro atoms. The van der Waals surface area contributed by atoms with Gasteiger partial charge in [0.15, 0.2) is 0 Å². The Labute approximate surface area is 270 Å². The Bertz CT molecular complexity index is 1900. The quantitative estimate of drug-likeness (QED) is 0.109. The fraction of sp³-hybridized carbons (Fsp3) is 0.122. The summed E-state index contributed by atoms with van der Waals surface area (Å²) in [6, 6.07) is 42.1. The van der Waals surface area contributed by atoms with E-state index in [1.165, 1.54) is 17.2 Å². The Balaban J connectivity index is 1.18. The van der Waals surface area contributed by atoms with Crippen LogP contribution in [0.25, 0.3) is 18.2 Å². The molecule has 1 aliphatic rings. The minimum atomic E-state index is -1.21. The van der Waals surface area contributed by atoms with Crippen LogP contribution in [0.4, 0.5) is 28.4 Å². The van der Waals surface area contributed by atoms with Crippen LogP contribution in [0.5, 0.6) is 0 Å². The van der Waals surface area contributed by atoms with Crippen LogP contribution in [0.15, 0.2) is 121 Å². The fourth-order valence-corrected chi connectivity index (χ4v) is 5.81. The maximum atomic E-state index is 11.3. The summed E-state index contributed by atoms with van der Waals surface area (Å²) in [4.78, 5) is 15.8. The van der Waals surface area contributed by atoms with Gasteiger partial charge in [-0.1, -0.05) is 77.9 Å². The SMILES string of the molecule is Cc1ccc(N(c2ccc(C)cc2)c2ccc(/C=C/c3ccc(N4CCCc5cc(/C=C(\C#N)C(=O)O)ccc54)cc3)cc2)cc1. The van der Waals surface area contributed by atoms with E-state index in [0.29, 0.717) is 0 Å². The molecule has 0 aliphatic carbocycles. The molecule has 226 valence electrons. The molecule has 46 heavy (non-hydrogen) atoms. The molecule has 0 aromatic heterocycles. The lowest BCUT2D eigenvalue weighted by molar-refractivity contribution is -0.132. The first-order chi connectivity index (χ1) is 22.4. The van der Waals surface area contributed by atoms with Crippen LogP contribution in [0, 0.1) is 25.2 Å². The highest BCUT2D eigenvalue weighted by Crippen LogP contribution is 2.36. The molecule has 5 aromatic rings. The smallest absolute Gasteiger partial charge is 0.346 e. The monoisotopic (exact) mass is 601 g/mol. The van der Waals surface area contributed by atoms with Crippen LogP contribution in [-0.4, -0.2) is 17.6 Å². The van der Waals surface area contributed by atoms with Crippen molar-refractivity contribution in [3.63, 3.8) is 0 Å². The van der Waals surface area contributed by atoms with Crippen molar-refractivity contribution in [3.8, 4) is 6.07 Å². The van der Waals surface area contributed by atoms with E-state index in [2.05, 4.69) is 133 Å². The van der Waals surface area contributed by atoms with Gasteiger partial charge in [0.1, 0.15) is 11.6 Å². The second-order valence-corrected chi connectivity index (χ2v) is 11.6. The molecule has 0 atom stereocenters. The van der Waals surface area contributed by atoms with Gasteiger partial charge in [0.05, 0.1) is 0 Å². The molecule has 1 N–H and O–H groups in total. The Morgan fingerprint density at radius 3 is 1.76 bits per heavy atom. The zero-order valence-corrected chi connectivity index (χ0v) is 26.0. The van der Waals surface area contributed by atoms with Crippen LogP contribution >= 0.6 is 0 Å². The van der Waals surface area contributed by atoms with Crippen molar-refractivity contribution in [1.29, 1.82) is 5.26 Å². The van der Waals surface area contributed by atoms with Crippen LogP contribution in [-0.2, 0) is 11.2 Å². The first-order valence-corrected chi connectivity index (χ1v) is 15.5.